The van der Waals surface area contributed by atoms with Crippen LogP contribution in [0.1, 0.15) is 6.42 Å². The molecule has 0 saturated carbocycles. The fraction of sp³-hybridized carbons (Fsp3) is 0.625. The van der Waals surface area contributed by atoms with E-state index in [1.54, 1.807) is 11.8 Å². The zero-order valence-corrected chi connectivity index (χ0v) is 10.4. The first-order chi connectivity index (χ1) is 7.67. The van der Waals surface area contributed by atoms with E-state index >= 15 is 0 Å². The summed E-state index contributed by atoms with van der Waals surface area (Å²) in [6.45, 7) is 0.546. The quantitative estimate of drug-likeness (QED) is 0.566. The molecule has 8 heteroatoms. The van der Waals surface area contributed by atoms with Crippen LogP contribution in [0, 0.1) is 0 Å². The van der Waals surface area contributed by atoms with Crippen molar-refractivity contribution in [3.63, 3.8) is 0 Å². The highest BCUT2D eigenvalue weighted by atomic mass is 32.2. The monoisotopic (exact) mass is 265 g/mol. The number of aliphatic hydroxyl groups is 1. The van der Waals surface area contributed by atoms with Crippen molar-refractivity contribution in [1.82, 2.24) is 14.7 Å². The van der Waals surface area contributed by atoms with Crippen molar-refractivity contribution in [2.75, 3.05) is 24.7 Å². The molecule has 0 aliphatic carbocycles. The van der Waals surface area contributed by atoms with E-state index in [2.05, 4.69) is 14.7 Å². The van der Waals surface area contributed by atoms with Gasteiger partial charge < -0.3 is 10.1 Å². The molecule has 0 amide bonds. The van der Waals surface area contributed by atoms with Crippen molar-refractivity contribution in [3.05, 3.63) is 12.5 Å². The van der Waals surface area contributed by atoms with E-state index in [4.69, 9.17) is 5.11 Å². The van der Waals surface area contributed by atoms with Gasteiger partial charge in [-0.05, 0) is 12.2 Å². The standard InChI is InChI=1S/C8H15N3O3S2/c12-3-1-4-15-5-2-11-16(13,14)8-6-9-7-10-8/h6-7,11-12H,1-5H2,(H,9,10). The molecule has 1 rings (SSSR count). The van der Waals surface area contributed by atoms with Gasteiger partial charge in [0.25, 0.3) is 10.0 Å². The first-order valence-corrected chi connectivity index (χ1v) is 7.47. The first-order valence-electron chi connectivity index (χ1n) is 4.83. The smallest absolute Gasteiger partial charge is 0.257 e. The lowest BCUT2D eigenvalue weighted by Gasteiger charge is -2.03. The van der Waals surface area contributed by atoms with Gasteiger partial charge in [-0.15, -0.1) is 0 Å². The van der Waals surface area contributed by atoms with Crippen molar-refractivity contribution < 1.29 is 13.5 Å². The predicted octanol–water partition coefficient (Wildman–Crippen LogP) is -0.196. The summed E-state index contributed by atoms with van der Waals surface area (Å²) >= 11 is 1.60. The number of thioether (sulfide) groups is 1. The molecule has 0 aliphatic heterocycles. The Balaban J connectivity index is 2.22. The molecule has 1 aromatic heterocycles. The largest absolute Gasteiger partial charge is 0.396 e. The maximum absolute atomic E-state index is 11.6. The predicted molar refractivity (Wildman–Crippen MR) is 62.8 cm³/mol. The molecule has 1 aromatic rings. The number of aromatic nitrogens is 2. The molecule has 0 spiro atoms. The van der Waals surface area contributed by atoms with E-state index in [0.29, 0.717) is 12.3 Å². The van der Waals surface area contributed by atoms with Gasteiger partial charge in [0.15, 0.2) is 5.03 Å². The number of imidazole rings is 1. The normalized spacial score (nSPS) is 11.8. The van der Waals surface area contributed by atoms with Crippen LogP contribution in [0.3, 0.4) is 0 Å². The van der Waals surface area contributed by atoms with Crippen molar-refractivity contribution in [3.8, 4) is 0 Å². The minimum Gasteiger partial charge on any atom is -0.396 e. The van der Waals surface area contributed by atoms with Crippen LogP contribution < -0.4 is 4.72 Å². The third-order valence-electron chi connectivity index (χ3n) is 1.75. The Labute approximate surface area is 98.9 Å². The van der Waals surface area contributed by atoms with Crippen LogP contribution in [-0.2, 0) is 10.0 Å². The topological polar surface area (TPSA) is 95.1 Å². The number of hydrogen-bond donors (Lipinski definition) is 3. The molecular weight excluding hydrogens is 250 g/mol. The Morgan fingerprint density at radius 3 is 2.94 bits per heavy atom. The molecule has 0 unspecified atom stereocenters. The van der Waals surface area contributed by atoms with Gasteiger partial charge in [0.2, 0.25) is 0 Å². The fourth-order valence-corrected chi connectivity index (χ4v) is 2.83. The molecule has 0 radical (unpaired) electrons. The van der Waals surface area contributed by atoms with Crippen LogP contribution in [0.5, 0.6) is 0 Å². The summed E-state index contributed by atoms with van der Waals surface area (Å²) in [6, 6.07) is 0. The second kappa shape index (κ2) is 6.89. The summed E-state index contributed by atoms with van der Waals surface area (Å²) in [4.78, 5) is 6.19. The number of H-pyrrole nitrogens is 1. The number of rotatable bonds is 8. The van der Waals surface area contributed by atoms with E-state index in [1.165, 1.54) is 12.5 Å². The summed E-state index contributed by atoms with van der Waals surface area (Å²) in [5.41, 5.74) is 0. The van der Waals surface area contributed by atoms with Crippen molar-refractivity contribution in [1.29, 1.82) is 0 Å². The van der Waals surface area contributed by atoms with Gasteiger partial charge in [-0.3, -0.25) is 0 Å². The Hall–Kier alpha value is -0.570. The molecule has 0 atom stereocenters. The number of aromatic amines is 1. The van der Waals surface area contributed by atoms with E-state index in [1.807, 2.05) is 0 Å². The highest BCUT2D eigenvalue weighted by molar-refractivity contribution is 7.99. The van der Waals surface area contributed by atoms with Gasteiger partial charge in [0, 0.05) is 18.9 Å². The number of aliphatic hydroxyl groups excluding tert-OH is 1. The Bertz CT molecular complexity index is 377. The van der Waals surface area contributed by atoms with Gasteiger partial charge in [-0.25, -0.2) is 18.1 Å². The number of nitrogens with zero attached hydrogens (tertiary/aromatic N) is 1. The molecule has 0 saturated heterocycles. The van der Waals surface area contributed by atoms with E-state index in [-0.39, 0.29) is 11.6 Å². The van der Waals surface area contributed by atoms with E-state index in [9.17, 15) is 8.42 Å². The summed E-state index contributed by atoms with van der Waals surface area (Å²) in [6.07, 6.45) is 3.32. The Morgan fingerprint density at radius 2 is 2.31 bits per heavy atom. The zero-order valence-electron chi connectivity index (χ0n) is 8.72. The molecule has 1 heterocycles. The number of nitrogens with one attached hydrogen (secondary N) is 2. The third kappa shape index (κ3) is 4.52. The second-order valence-corrected chi connectivity index (χ2v) is 5.96. The molecule has 0 bridgehead atoms. The maximum atomic E-state index is 11.6. The van der Waals surface area contributed by atoms with Gasteiger partial charge in [-0.1, -0.05) is 0 Å². The third-order valence-corrected chi connectivity index (χ3v) is 4.20. The summed E-state index contributed by atoms with van der Waals surface area (Å²) in [7, 11) is -3.44. The molecular formula is C8H15N3O3S2. The molecule has 6 nitrogen and oxygen atoms in total. The van der Waals surface area contributed by atoms with Crippen LogP contribution in [0.25, 0.3) is 0 Å². The zero-order chi connectivity index (χ0) is 11.9. The van der Waals surface area contributed by atoms with Gasteiger partial charge >= 0.3 is 0 Å². The molecule has 92 valence electrons. The van der Waals surface area contributed by atoms with Crippen molar-refractivity contribution in [2.45, 2.75) is 11.4 Å². The average Bonchev–Trinajstić information content (AvgIpc) is 2.77. The van der Waals surface area contributed by atoms with Crippen LogP contribution >= 0.6 is 11.8 Å². The van der Waals surface area contributed by atoms with Crippen LogP contribution in [0.4, 0.5) is 0 Å². The molecule has 16 heavy (non-hydrogen) atoms. The van der Waals surface area contributed by atoms with Gasteiger partial charge in [-0.2, -0.15) is 11.8 Å². The van der Waals surface area contributed by atoms with Gasteiger partial charge in [0.1, 0.15) is 0 Å². The molecule has 0 aliphatic rings. The van der Waals surface area contributed by atoms with Crippen LogP contribution in [-0.4, -0.2) is 48.1 Å². The highest BCUT2D eigenvalue weighted by Crippen LogP contribution is 2.03. The maximum Gasteiger partial charge on any atom is 0.257 e. The first kappa shape index (κ1) is 13.5. The lowest BCUT2D eigenvalue weighted by Crippen LogP contribution is -2.26. The second-order valence-electron chi connectivity index (χ2n) is 3.00. The highest BCUT2D eigenvalue weighted by Gasteiger charge is 2.13. The summed E-state index contributed by atoms with van der Waals surface area (Å²) in [5.74, 6) is 1.52. The molecule has 3 N–H and O–H groups in total. The minimum atomic E-state index is -3.44. The summed E-state index contributed by atoms with van der Waals surface area (Å²) in [5, 5.41) is 8.62. The Kier molecular flexibility index (Phi) is 5.81. The van der Waals surface area contributed by atoms with Crippen molar-refractivity contribution >= 4 is 21.8 Å². The average molecular weight is 265 g/mol. The van der Waals surface area contributed by atoms with Crippen molar-refractivity contribution in [2.24, 2.45) is 0 Å². The lowest BCUT2D eigenvalue weighted by atomic mass is 10.5. The number of hydrogen-bond acceptors (Lipinski definition) is 5. The van der Waals surface area contributed by atoms with Crippen LogP contribution in [0.15, 0.2) is 17.6 Å². The lowest BCUT2D eigenvalue weighted by molar-refractivity contribution is 0.296. The fourth-order valence-electron chi connectivity index (χ4n) is 0.985. The minimum absolute atomic E-state index is 0.0767. The van der Waals surface area contributed by atoms with E-state index in [0.717, 1.165) is 12.2 Å². The molecule has 0 fully saturated rings. The van der Waals surface area contributed by atoms with Crippen LogP contribution in [0.2, 0.25) is 0 Å². The summed E-state index contributed by atoms with van der Waals surface area (Å²) < 4.78 is 25.6. The Morgan fingerprint density at radius 1 is 1.50 bits per heavy atom. The number of sulfonamides is 1. The van der Waals surface area contributed by atoms with Gasteiger partial charge in [0.05, 0.1) is 12.5 Å². The van der Waals surface area contributed by atoms with E-state index < -0.39 is 10.0 Å². The SMILES string of the molecule is O=S(=O)(NCCSCCCO)c1cnc[nH]1. The molecule has 0 aromatic carbocycles.